The van der Waals surface area contributed by atoms with Gasteiger partial charge in [-0.05, 0) is 12.1 Å². The summed E-state index contributed by atoms with van der Waals surface area (Å²) >= 11 is 0. The molecule has 0 atom stereocenters. The molecule has 2 aromatic rings. The van der Waals surface area contributed by atoms with Crippen LogP contribution < -0.4 is 5.73 Å². The molecule has 12 heavy (non-hydrogen) atoms. The highest BCUT2D eigenvalue weighted by Crippen LogP contribution is 2.17. The van der Waals surface area contributed by atoms with Crippen LogP contribution in [0.1, 0.15) is 0 Å². The van der Waals surface area contributed by atoms with E-state index in [4.69, 9.17) is 5.73 Å². The third kappa shape index (κ3) is 0.887. The second-order valence-electron chi connectivity index (χ2n) is 2.39. The fraction of sp³-hybridized carbons (Fsp3) is 0. The van der Waals surface area contributed by atoms with E-state index in [1.165, 1.54) is 18.5 Å². The van der Waals surface area contributed by atoms with Gasteiger partial charge in [0.05, 0.1) is 11.2 Å². The lowest BCUT2D eigenvalue weighted by Gasteiger charge is -1.98. The highest BCUT2D eigenvalue weighted by atomic mass is 19.1. The molecule has 0 radical (unpaired) electrons. The van der Waals surface area contributed by atoms with E-state index in [1.807, 2.05) is 0 Å². The smallest absolute Gasteiger partial charge is 0.173 e. The zero-order chi connectivity index (χ0) is 8.55. The number of benzene rings is 1. The maximum Gasteiger partial charge on any atom is 0.173 e. The first-order valence-corrected chi connectivity index (χ1v) is 3.44. The number of nitrogens with two attached hydrogens (primary N) is 1. The van der Waals surface area contributed by atoms with Crippen LogP contribution in [0.25, 0.3) is 11.0 Å². The number of anilines is 1. The number of hydrogen-bond donors (Lipinski definition) is 1. The summed E-state index contributed by atoms with van der Waals surface area (Å²) < 4.78 is 13.2. The molecular formula is C8H6FN3. The summed E-state index contributed by atoms with van der Waals surface area (Å²) in [6, 6.07) is 3.12. The van der Waals surface area contributed by atoms with Crippen molar-refractivity contribution in [1.82, 2.24) is 9.97 Å². The van der Waals surface area contributed by atoms with Gasteiger partial charge in [0.2, 0.25) is 0 Å². The highest BCUT2D eigenvalue weighted by Gasteiger charge is 2.04. The molecule has 1 aromatic carbocycles. The molecule has 2 rings (SSSR count). The van der Waals surface area contributed by atoms with E-state index >= 15 is 0 Å². The predicted octanol–water partition coefficient (Wildman–Crippen LogP) is 1.35. The van der Waals surface area contributed by atoms with Gasteiger partial charge < -0.3 is 5.73 Å². The Morgan fingerprint density at radius 3 is 2.75 bits per heavy atom. The van der Waals surface area contributed by atoms with Gasteiger partial charge in [-0.25, -0.2) is 9.37 Å². The van der Waals surface area contributed by atoms with Crippen molar-refractivity contribution < 1.29 is 4.39 Å². The van der Waals surface area contributed by atoms with Gasteiger partial charge in [0.15, 0.2) is 5.82 Å². The largest absolute Gasteiger partial charge is 0.396 e. The molecule has 4 heteroatoms. The Hall–Kier alpha value is -1.71. The van der Waals surface area contributed by atoms with Crippen LogP contribution in [0.4, 0.5) is 10.1 Å². The van der Waals surface area contributed by atoms with Crippen molar-refractivity contribution in [3.05, 3.63) is 30.3 Å². The Labute approximate surface area is 68.1 Å². The lowest BCUT2D eigenvalue weighted by atomic mass is 10.2. The molecule has 3 nitrogen and oxygen atoms in total. The van der Waals surface area contributed by atoms with Gasteiger partial charge in [-0.1, -0.05) is 0 Å². The average molecular weight is 163 g/mol. The second-order valence-corrected chi connectivity index (χ2v) is 2.39. The van der Waals surface area contributed by atoms with E-state index < -0.39 is 5.82 Å². The number of hydrogen-bond acceptors (Lipinski definition) is 3. The number of nitrogen functional groups attached to an aromatic ring is 1. The van der Waals surface area contributed by atoms with Gasteiger partial charge in [0.1, 0.15) is 5.52 Å². The summed E-state index contributed by atoms with van der Waals surface area (Å²) in [6.07, 6.45) is 2.95. The third-order valence-electron chi connectivity index (χ3n) is 1.61. The van der Waals surface area contributed by atoms with Crippen molar-refractivity contribution in [1.29, 1.82) is 0 Å². The summed E-state index contributed by atoms with van der Waals surface area (Å²) in [7, 11) is 0. The zero-order valence-corrected chi connectivity index (χ0v) is 6.16. The summed E-state index contributed by atoms with van der Waals surface area (Å²) in [5.74, 6) is -0.499. The van der Waals surface area contributed by atoms with Crippen LogP contribution in [0.15, 0.2) is 24.5 Å². The monoisotopic (exact) mass is 163 g/mol. The minimum Gasteiger partial charge on any atom is -0.396 e. The summed E-state index contributed by atoms with van der Waals surface area (Å²) in [4.78, 5) is 7.75. The molecular weight excluding hydrogens is 157 g/mol. The lowest BCUT2D eigenvalue weighted by molar-refractivity contribution is 0.641. The summed E-state index contributed by atoms with van der Waals surface area (Å²) in [5, 5.41) is 0. The molecule has 0 spiro atoms. The molecule has 0 fully saturated rings. The van der Waals surface area contributed by atoms with Crippen LogP contribution in [0.5, 0.6) is 0 Å². The molecule has 0 bridgehead atoms. The van der Waals surface area contributed by atoms with Gasteiger partial charge >= 0.3 is 0 Å². The standard InChI is InChI=1S/C8H6FN3/c9-7-5(10)1-2-6-8(7)12-4-3-11-6/h1-4H,10H2. The minimum atomic E-state index is -0.499. The fourth-order valence-electron chi connectivity index (χ4n) is 1.02. The molecule has 0 amide bonds. The number of rotatable bonds is 0. The van der Waals surface area contributed by atoms with Crippen molar-refractivity contribution in [2.24, 2.45) is 0 Å². The van der Waals surface area contributed by atoms with E-state index in [1.54, 1.807) is 6.07 Å². The first kappa shape index (κ1) is 6.97. The highest BCUT2D eigenvalue weighted by molar-refractivity contribution is 5.78. The van der Waals surface area contributed by atoms with E-state index in [2.05, 4.69) is 9.97 Å². The second kappa shape index (κ2) is 2.41. The number of aromatic nitrogens is 2. The lowest BCUT2D eigenvalue weighted by Crippen LogP contribution is -1.93. The topological polar surface area (TPSA) is 51.8 Å². The van der Waals surface area contributed by atoms with E-state index in [-0.39, 0.29) is 11.2 Å². The van der Waals surface area contributed by atoms with Gasteiger partial charge in [-0.15, -0.1) is 0 Å². The SMILES string of the molecule is Nc1ccc2nccnc2c1F. The summed E-state index contributed by atoms with van der Waals surface area (Å²) in [6.45, 7) is 0. The van der Waals surface area contributed by atoms with Crippen molar-refractivity contribution in [2.75, 3.05) is 5.73 Å². The molecule has 0 saturated heterocycles. The molecule has 1 heterocycles. The average Bonchev–Trinajstić information content (AvgIpc) is 2.12. The minimum absolute atomic E-state index is 0.100. The van der Waals surface area contributed by atoms with Gasteiger partial charge in [-0.2, -0.15) is 0 Å². The Bertz CT molecular complexity index is 428. The molecule has 0 aliphatic carbocycles. The van der Waals surface area contributed by atoms with Crippen LogP contribution in [0.3, 0.4) is 0 Å². The third-order valence-corrected chi connectivity index (χ3v) is 1.61. The van der Waals surface area contributed by atoms with Crippen LogP contribution in [-0.2, 0) is 0 Å². The van der Waals surface area contributed by atoms with Crippen LogP contribution in [-0.4, -0.2) is 9.97 Å². The summed E-state index contributed by atoms with van der Waals surface area (Å²) in [5.41, 5.74) is 6.18. The molecule has 0 saturated carbocycles. The van der Waals surface area contributed by atoms with Gasteiger partial charge in [0.25, 0.3) is 0 Å². The molecule has 60 valence electrons. The zero-order valence-electron chi connectivity index (χ0n) is 6.16. The van der Waals surface area contributed by atoms with E-state index in [9.17, 15) is 4.39 Å². The van der Waals surface area contributed by atoms with Crippen molar-refractivity contribution in [3.8, 4) is 0 Å². The quantitative estimate of drug-likeness (QED) is 0.596. The fourth-order valence-corrected chi connectivity index (χ4v) is 1.02. The van der Waals surface area contributed by atoms with Crippen LogP contribution >= 0.6 is 0 Å². The van der Waals surface area contributed by atoms with E-state index in [0.29, 0.717) is 5.52 Å². The van der Waals surface area contributed by atoms with Crippen LogP contribution in [0.2, 0.25) is 0 Å². The predicted molar refractivity (Wildman–Crippen MR) is 43.9 cm³/mol. The van der Waals surface area contributed by atoms with E-state index in [0.717, 1.165) is 0 Å². The molecule has 0 aliphatic heterocycles. The molecule has 2 N–H and O–H groups in total. The Morgan fingerprint density at radius 2 is 1.92 bits per heavy atom. The first-order chi connectivity index (χ1) is 5.79. The van der Waals surface area contributed by atoms with Gasteiger partial charge in [-0.3, -0.25) is 4.98 Å². The molecule has 0 aliphatic rings. The first-order valence-electron chi connectivity index (χ1n) is 3.44. The molecule has 0 unspecified atom stereocenters. The Balaban J connectivity index is 2.91. The van der Waals surface area contributed by atoms with Crippen LogP contribution in [0, 0.1) is 5.82 Å². The molecule has 1 aromatic heterocycles. The van der Waals surface area contributed by atoms with Gasteiger partial charge in [0, 0.05) is 12.4 Å². The maximum absolute atomic E-state index is 13.2. The Morgan fingerprint density at radius 1 is 1.17 bits per heavy atom. The Kier molecular flexibility index (Phi) is 1.40. The number of halogens is 1. The van der Waals surface area contributed by atoms with Crippen molar-refractivity contribution in [3.63, 3.8) is 0 Å². The number of fused-ring (bicyclic) bond motifs is 1. The normalized spacial score (nSPS) is 10.4. The number of nitrogens with zero attached hydrogens (tertiary/aromatic N) is 2. The van der Waals surface area contributed by atoms with Crippen molar-refractivity contribution >= 4 is 16.7 Å². The maximum atomic E-state index is 13.2. The van der Waals surface area contributed by atoms with Crippen molar-refractivity contribution in [2.45, 2.75) is 0 Å².